The molecule has 0 bridgehead atoms. The normalized spacial score (nSPS) is 10.0. The van der Waals surface area contributed by atoms with Gasteiger partial charge in [0.2, 0.25) is 0 Å². The molecule has 0 saturated carbocycles. The first-order valence-corrected chi connectivity index (χ1v) is 2.09. The molecule has 0 N–H and O–H groups in total. The zero-order chi connectivity index (χ0) is 4.99. The molecule has 0 heterocycles. The Labute approximate surface area is 39.3 Å². The van der Waals surface area contributed by atoms with Crippen molar-refractivity contribution in [3.05, 3.63) is 6.92 Å². The summed E-state index contributed by atoms with van der Waals surface area (Å²) in [4.78, 5) is 0. The highest BCUT2D eigenvalue weighted by atomic mass is 16.5. The number of hydrogen-bond acceptors (Lipinski definition) is 1. The molecule has 6 heavy (non-hydrogen) atoms. The maximum atomic E-state index is 5.01. The van der Waals surface area contributed by atoms with Crippen LogP contribution in [0.4, 0.5) is 0 Å². The molecular weight excluding hydrogens is 76.1 g/mol. The Balaban J connectivity index is 2.63. The second-order valence-electron chi connectivity index (χ2n) is 1.38. The first-order chi connectivity index (χ1) is 2.77. The first kappa shape index (κ1) is 5.96. The SMILES string of the molecule is [CH]COC(C)C. The van der Waals surface area contributed by atoms with Crippen LogP contribution in [0.3, 0.4) is 0 Å². The van der Waals surface area contributed by atoms with Gasteiger partial charge in [-0.15, -0.1) is 0 Å². The minimum atomic E-state index is 0.273. The average molecular weight is 86.1 g/mol. The van der Waals surface area contributed by atoms with Gasteiger partial charge in [-0.3, -0.25) is 0 Å². The van der Waals surface area contributed by atoms with E-state index in [1.165, 1.54) is 0 Å². The topological polar surface area (TPSA) is 9.23 Å². The van der Waals surface area contributed by atoms with Gasteiger partial charge < -0.3 is 4.74 Å². The molecule has 0 aliphatic carbocycles. The molecule has 36 valence electrons. The van der Waals surface area contributed by atoms with Crippen molar-refractivity contribution >= 4 is 0 Å². The van der Waals surface area contributed by atoms with Crippen molar-refractivity contribution < 1.29 is 4.74 Å². The molecule has 1 heteroatoms. The quantitative estimate of drug-likeness (QED) is 0.489. The Morgan fingerprint density at radius 1 is 1.67 bits per heavy atom. The second-order valence-corrected chi connectivity index (χ2v) is 1.38. The second kappa shape index (κ2) is 3.16. The Kier molecular flexibility index (Phi) is 3.14. The molecule has 0 aromatic rings. The van der Waals surface area contributed by atoms with Crippen LogP contribution in [0.2, 0.25) is 0 Å². The van der Waals surface area contributed by atoms with Crippen LogP contribution in [0.5, 0.6) is 0 Å². The van der Waals surface area contributed by atoms with Gasteiger partial charge in [0.1, 0.15) is 0 Å². The summed E-state index contributed by atoms with van der Waals surface area (Å²) in [6.45, 7) is 9.24. The Bertz CT molecular complexity index is 25.1. The van der Waals surface area contributed by atoms with Crippen molar-refractivity contribution in [1.29, 1.82) is 0 Å². The lowest BCUT2D eigenvalue weighted by atomic mass is 10.5. The molecule has 0 aliphatic heterocycles. The van der Waals surface area contributed by atoms with Crippen molar-refractivity contribution in [1.82, 2.24) is 0 Å². The zero-order valence-corrected chi connectivity index (χ0v) is 4.27. The van der Waals surface area contributed by atoms with Gasteiger partial charge in [-0.25, -0.2) is 0 Å². The molecule has 1 nitrogen and oxygen atoms in total. The summed E-state index contributed by atoms with van der Waals surface area (Å²) in [6, 6.07) is 0. The third-order valence-corrected chi connectivity index (χ3v) is 0.430. The molecule has 0 spiro atoms. The lowest BCUT2D eigenvalue weighted by Gasteiger charge is -2.00. The van der Waals surface area contributed by atoms with E-state index in [-0.39, 0.29) is 6.10 Å². The van der Waals surface area contributed by atoms with E-state index in [1.807, 2.05) is 13.8 Å². The molecular formula is C5H10O. The van der Waals surface area contributed by atoms with Gasteiger partial charge in [0.05, 0.1) is 12.7 Å². The summed E-state index contributed by atoms with van der Waals surface area (Å²) in [7, 11) is 0. The highest BCUT2D eigenvalue weighted by Crippen LogP contribution is 1.82. The Hall–Kier alpha value is -0.0400. The van der Waals surface area contributed by atoms with E-state index in [0.29, 0.717) is 6.61 Å². The lowest BCUT2D eigenvalue weighted by Crippen LogP contribution is -2.00. The van der Waals surface area contributed by atoms with E-state index >= 15 is 0 Å². The molecule has 0 amide bonds. The van der Waals surface area contributed by atoms with E-state index in [0.717, 1.165) is 0 Å². The van der Waals surface area contributed by atoms with Gasteiger partial charge in [-0.05, 0) is 20.8 Å². The van der Waals surface area contributed by atoms with Crippen LogP contribution in [-0.2, 0) is 4.74 Å². The number of rotatable bonds is 2. The third-order valence-electron chi connectivity index (χ3n) is 0.430. The maximum Gasteiger partial charge on any atom is 0.0519 e. The van der Waals surface area contributed by atoms with E-state index in [9.17, 15) is 0 Å². The molecule has 2 radical (unpaired) electrons. The fraction of sp³-hybridized carbons (Fsp3) is 0.800. The predicted molar refractivity (Wildman–Crippen MR) is 25.4 cm³/mol. The molecule has 0 saturated heterocycles. The standard InChI is InChI=1S/C5H10O/c1-4-6-5(2)3/h1,5H,4H2,2-3H3. The molecule has 0 aromatic heterocycles. The van der Waals surface area contributed by atoms with Gasteiger partial charge in [0.25, 0.3) is 0 Å². The van der Waals surface area contributed by atoms with Crippen LogP contribution in [0.25, 0.3) is 0 Å². The average Bonchev–Trinajstić information content (AvgIpc) is 1.35. The van der Waals surface area contributed by atoms with Crippen molar-refractivity contribution in [3.8, 4) is 0 Å². The van der Waals surface area contributed by atoms with Gasteiger partial charge in [0.15, 0.2) is 0 Å². The van der Waals surface area contributed by atoms with Gasteiger partial charge in [0, 0.05) is 0 Å². The maximum absolute atomic E-state index is 5.01. The highest BCUT2D eigenvalue weighted by Gasteiger charge is 1.84. The Morgan fingerprint density at radius 2 is 2.17 bits per heavy atom. The van der Waals surface area contributed by atoms with E-state index in [4.69, 9.17) is 11.7 Å². The third kappa shape index (κ3) is 3.96. The highest BCUT2D eigenvalue weighted by molar-refractivity contribution is 4.36. The van der Waals surface area contributed by atoms with Crippen LogP contribution in [0, 0.1) is 6.92 Å². The first-order valence-electron chi connectivity index (χ1n) is 2.09. The molecule has 0 unspecified atom stereocenters. The lowest BCUT2D eigenvalue weighted by molar-refractivity contribution is 0.101. The summed E-state index contributed by atoms with van der Waals surface area (Å²) in [6.07, 6.45) is 0.273. The molecule has 0 aliphatic rings. The Morgan fingerprint density at radius 3 is 2.17 bits per heavy atom. The summed E-state index contributed by atoms with van der Waals surface area (Å²) >= 11 is 0. The van der Waals surface area contributed by atoms with E-state index < -0.39 is 0 Å². The minimum absolute atomic E-state index is 0.273. The minimum Gasteiger partial charge on any atom is -0.378 e. The zero-order valence-electron chi connectivity index (χ0n) is 4.27. The van der Waals surface area contributed by atoms with Crippen molar-refractivity contribution in [2.45, 2.75) is 20.0 Å². The molecule has 0 atom stereocenters. The number of ether oxygens (including phenoxy) is 1. The van der Waals surface area contributed by atoms with E-state index in [2.05, 4.69) is 0 Å². The van der Waals surface area contributed by atoms with Gasteiger partial charge in [-0.1, -0.05) is 0 Å². The number of hydrogen-bond donors (Lipinski definition) is 0. The molecule has 0 rings (SSSR count). The van der Waals surface area contributed by atoms with Crippen LogP contribution < -0.4 is 0 Å². The smallest absolute Gasteiger partial charge is 0.0519 e. The fourth-order valence-electron chi connectivity index (χ4n) is 0.192. The van der Waals surface area contributed by atoms with Crippen molar-refractivity contribution in [2.24, 2.45) is 0 Å². The van der Waals surface area contributed by atoms with Crippen LogP contribution >= 0.6 is 0 Å². The summed E-state index contributed by atoms with van der Waals surface area (Å²) in [5.74, 6) is 0. The molecule has 0 aromatic carbocycles. The fourth-order valence-corrected chi connectivity index (χ4v) is 0.192. The van der Waals surface area contributed by atoms with Crippen molar-refractivity contribution in [3.63, 3.8) is 0 Å². The van der Waals surface area contributed by atoms with Gasteiger partial charge >= 0.3 is 0 Å². The van der Waals surface area contributed by atoms with Crippen molar-refractivity contribution in [2.75, 3.05) is 6.61 Å². The summed E-state index contributed by atoms with van der Waals surface area (Å²) in [5, 5.41) is 0. The summed E-state index contributed by atoms with van der Waals surface area (Å²) in [5.41, 5.74) is 0. The predicted octanol–water partition coefficient (Wildman–Crippen LogP) is 1.12. The summed E-state index contributed by atoms with van der Waals surface area (Å²) < 4.78 is 4.82. The van der Waals surface area contributed by atoms with Crippen LogP contribution in [0.15, 0.2) is 0 Å². The monoisotopic (exact) mass is 86.1 g/mol. The van der Waals surface area contributed by atoms with Crippen LogP contribution in [-0.4, -0.2) is 12.7 Å². The van der Waals surface area contributed by atoms with Crippen LogP contribution in [0.1, 0.15) is 13.8 Å². The van der Waals surface area contributed by atoms with E-state index in [1.54, 1.807) is 0 Å². The van der Waals surface area contributed by atoms with Gasteiger partial charge in [-0.2, -0.15) is 0 Å². The largest absolute Gasteiger partial charge is 0.378 e. The molecule has 0 fully saturated rings.